The summed E-state index contributed by atoms with van der Waals surface area (Å²) < 4.78 is 20.9. The van der Waals surface area contributed by atoms with Crippen LogP contribution in [0.15, 0.2) is 42.0 Å². The summed E-state index contributed by atoms with van der Waals surface area (Å²) in [5.74, 6) is -0.168. The van der Waals surface area contributed by atoms with Crippen LogP contribution in [0.25, 0.3) is 6.08 Å². The molecule has 2 aromatic rings. The van der Waals surface area contributed by atoms with Gasteiger partial charge in [0.05, 0.1) is 25.3 Å². The van der Waals surface area contributed by atoms with E-state index in [1.54, 1.807) is 31.2 Å². The third-order valence-electron chi connectivity index (χ3n) is 3.97. The summed E-state index contributed by atoms with van der Waals surface area (Å²) in [4.78, 5) is 24.1. The average molecular weight is 459 g/mol. The highest BCUT2D eigenvalue weighted by Gasteiger charge is 2.16. The van der Waals surface area contributed by atoms with Crippen LogP contribution in [0.1, 0.15) is 19.4 Å². The van der Waals surface area contributed by atoms with Gasteiger partial charge in [-0.2, -0.15) is 5.26 Å². The van der Waals surface area contributed by atoms with Crippen LogP contribution in [0.5, 0.6) is 17.2 Å². The summed E-state index contributed by atoms with van der Waals surface area (Å²) in [6, 6.07) is 11.7. The van der Waals surface area contributed by atoms with Gasteiger partial charge in [-0.1, -0.05) is 17.7 Å². The normalized spacial score (nSPS) is 10.7. The molecule has 0 heterocycles. The van der Waals surface area contributed by atoms with Gasteiger partial charge in [0.15, 0.2) is 18.1 Å². The van der Waals surface area contributed by atoms with Gasteiger partial charge >= 0.3 is 5.97 Å². The first-order valence-electron chi connectivity index (χ1n) is 9.73. The molecule has 2 rings (SSSR count). The van der Waals surface area contributed by atoms with Crippen LogP contribution in [0.3, 0.4) is 0 Å². The van der Waals surface area contributed by atoms with Crippen LogP contribution in [0, 0.1) is 11.3 Å². The molecular formula is C23H23ClN2O6. The number of benzene rings is 2. The summed E-state index contributed by atoms with van der Waals surface area (Å²) >= 11 is 6.27. The molecule has 0 fully saturated rings. The minimum Gasteiger partial charge on any atom is -0.494 e. The average Bonchev–Trinajstić information content (AvgIpc) is 2.77. The van der Waals surface area contributed by atoms with Crippen molar-refractivity contribution in [2.24, 2.45) is 0 Å². The third kappa shape index (κ3) is 6.93. The first kappa shape index (κ1) is 24.6. The van der Waals surface area contributed by atoms with E-state index in [-0.39, 0.29) is 35.3 Å². The van der Waals surface area contributed by atoms with Gasteiger partial charge in [0.1, 0.15) is 17.4 Å². The number of ether oxygens (including phenoxy) is 4. The standard InChI is InChI=1S/C23H23ClN2O6/c1-4-30-18-8-6-7-17(12-18)26-23(28)16(13-25)9-15-10-19(24)22(20(11-15)29-3)32-14-21(27)31-5-2/h6-12H,4-5,14H2,1-3H3,(H,26,28)/b16-9-. The number of rotatable bonds is 10. The Morgan fingerprint density at radius 2 is 1.94 bits per heavy atom. The first-order chi connectivity index (χ1) is 15.4. The van der Waals surface area contributed by atoms with Crippen molar-refractivity contribution < 1.29 is 28.5 Å². The molecule has 0 saturated heterocycles. The molecule has 0 aliphatic rings. The number of hydrogen-bond donors (Lipinski definition) is 1. The van der Waals surface area contributed by atoms with Gasteiger partial charge in [-0.05, 0) is 49.8 Å². The fourth-order valence-electron chi connectivity index (χ4n) is 2.64. The number of amides is 1. The van der Waals surface area contributed by atoms with Gasteiger partial charge in [-0.3, -0.25) is 4.79 Å². The molecular weight excluding hydrogens is 436 g/mol. The van der Waals surface area contributed by atoms with Gasteiger partial charge in [-0.25, -0.2) is 4.79 Å². The van der Waals surface area contributed by atoms with Crippen LogP contribution >= 0.6 is 11.6 Å². The monoisotopic (exact) mass is 458 g/mol. The Kier molecular flexibility index (Phi) is 9.39. The Morgan fingerprint density at radius 3 is 2.59 bits per heavy atom. The van der Waals surface area contributed by atoms with Crippen molar-refractivity contribution >= 4 is 35.2 Å². The predicted molar refractivity (Wildman–Crippen MR) is 120 cm³/mol. The van der Waals surface area contributed by atoms with Crippen LogP contribution < -0.4 is 19.5 Å². The van der Waals surface area contributed by atoms with Crippen molar-refractivity contribution in [3.05, 3.63) is 52.6 Å². The second-order valence-corrected chi connectivity index (χ2v) is 6.62. The minimum atomic E-state index is -0.598. The molecule has 168 valence electrons. The number of halogens is 1. The summed E-state index contributed by atoms with van der Waals surface area (Å²) in [5, 5.41) is 12.3. The van der Waals surface area contributed by atoms with Gasteiger partial charge in [-0.15, -0.1) is 0 Å². The van der Waals surface area contributed by atoms with E-state index in [0.717, 1.165) is 0 Å². The van der Waals surface area contributed by atoms with Crippen LogP contribution in [-0.4, -0.2) is 38.8 Å². The number of nitriles is 1. The SMILES string of the molecule is CCOC(=O)COc1c(Cl)cc(/C=C(/C#N)C(=O)Nc2cccc(OCC)c2)cc1OC. The summed E-state index contributed by atoms with van der Waals surface area (Å²) in [7, 11) is 1.40. The zero-order chi connectivity index (χ0) is 23.5. The lowest BCUT2D eigenvalue weighted by Gasteiger charge is -2.13. The van der Waals surface area contributed by atoms with E-state index in [1.807, 2.05) is 13.0 Å². The number of carbonyl (C=O) groups is 2. The maximum absolute atomic E-state index is 12.6. The Balaban J connectivity index is 2.23. The van der Waals surface area contributed by atoms with Crippen molar-refractivity contribution in [3.63, 3.8) is 0 Å². The molecule has 0 bridgehead atoms. The summed E-state index contributed by atoms with van der Waals surface area (Å²) in [5.41, 5.74) is 0.774. The second-order valence-electron chi connectivity index (χ2n) is 6.21. The number of nitrogens with zero attached hydrogens (tertiary/aromatic N) is 1. The largest absolute Gasteiger partial charge is 0.494 e. The molecule has 0 aliphatic carbocycles. The van der Waals surface area contributed by atoms with E-state index in [1.165, 1.54) is 25.3 Å². The molecule has 0 atom stereocenters. The Labute approximate surface area is 191 Å². The second kappa shape index (κ2) is 12.2. The highest BCUT2D eigenvalue weighted by Crippen LogP contribution is 2.37. The molecule has 1 N–H and O–H groups in total. The number of carbonyl (C=O) groups excluding carboxylic acids is 2. The first-order valence-corrected chi connectivity index (χ1v) is 10.1. The van der Waals surface area contributed by atoms with Gasteiger partial charge in [0, 0.05) is 11.8 Å². The van der Waals surface area contributed by atoms with Gasteiger partial charge in [0.25, 0.3) is 5.91 Å². The zero-order valence-corrected chi connectivity index (χ0v) is 18.7. The number of hydrogen-bond acceptors (Lipinski definition) is 7. The highest BCUT2D eigenvalue weighted by molar-refractivity contribution is 6.32. The molecule has 2 aromatic carbocycles. The van der Waals surface area contributed by atoms with E-state index in [0.29, 0.717) is 23.6 Å². The maximum Gasteiger partial charge on any atom is 0.344 e. The molecule has 8 nitrogen and oxygen atoms in total. The molecule has 1 amide bonds. The number of anilines is 1. The number of methoxy groups -OCH3 is 1. The molecule has 32 heavy (non-hydrogen) atoms. The Hall–Kier alpha value is -3.70. The van der Waals surface area contributed by atoms with E-state index in [2.05, 4.69) is 5.32 Å². The summed E-state index contributed by atoms with van der Waals surface area (Å²) in [6.45, 7) is 3.92. The van der Waals surface area contributed by atoms with Crippen molar-refractivity contribution in [2.75, 3.05) is 32.2 Å². The van der Waals surface area contributed by atoms with Crippen molar-refractivity contribution in [1.29, 1.82) is 5.26 Å². The molecule has 0 aliphatic heterocycles. The number of nitrogens with one attached hydrogen (secondary N) is 1. The fraction of sp³-hybridized carbons (Fsp3) is 0.261. The topological polar surface area (TPSA) is 107 Å². The van der Waals surface area contributed by atoms with Crippen molar-refractivity contribution in [2.45, 2.75) is 13.8 Å². The lowest BCUT2D eigenvalue weighted by Crippen LogP contribution is -2.15. The Morgan fingerprint density at radius 1 is 1.16 bits per heavy atom. The minimum absolute atomic E-state index is 0.141. The lowest BCUT2D eigenvalue weighted by molar-refractivity contribution is -0.145. The lowest BCUT2D eigenvalue weighted by atomic mass is 10.1. The third-order valence-corrected chi connectivity index (χ3v) is 4.25. The van der Waals surface area contributed by atoms with E-state index >= 15 is 0 Å². The smallest absolute Gasteiger partial charge is 0.344 e. The molecule has 0 spiro atoms. The van der Waals surface area contributed by atoms with E-state index < -0.39 is 11.9 Å². The molecule has 9 heteroatoms. The molecule has 0 aromatic heterocycles. The number of esters is 1. The van der Waals surface area contributed by atoms with Crippen molar-refractivity contribution in [1.82, 2.24) is 0 Å². The summed E-state index contributed by atoms with van der Waals surface area (Å²) in [6.07, 6.45) is 1.37. The predicted octanol–water partition coefficient (Wildman–Crippen LogP) is 4.23. The van der Waals surface area contributed by atoms with Gasteiger partial charge in [0.2, 0.25) is 0 Å². The van der Waals surface area contributed by atoms with Crippen LogP contribution in [0.4, 0.5) is 5.69 Å². The molecule has 0 radical (unpaired) electrons. The fourth-order valence-corrected chi connectivity index (χ4v) is 2.91. The molecule has 0 unspecified atom stereocenters. The van der Waals surface area contributed by atoms with E-state index in [4.69, 9.17) is 30.5 Å². The quantitative estimate of drug-likeness (QED) is 0.322. The zero-order valence-electron chi connectivity index (χ0n) is 17.9. The molecule has 0 saturated carbocycles. The Bertz CT molecular complexity index is 1050. The maximum atomic E-state index is 12.6. The van der Waals surface area contributed by atoms with Crippen LogP contribution in [-0.2, 0) is 14.3 Å². The highest BCUT2D eigenvalue weighted by atomic mass is 35.5. The van der Waals surface area contributed by atoms with Gasteiger partial charge < -0.3 is 24.3 Å². The van der Waals surface area contributed by atoms with E-state index in [9.17, 15) is 14.9 Å². The van der Waals surface area contributed by atoms with Crippen LogP contribution in [0.2, 0.25) is 5.02 Å². The van der Waals surface area contributed by atoms with Crippen molar-refractivity contribution in [3.8, 4) is 23.3 Å².